The van der Waals surface area contributed by atoms with E-state index >= 15 is 0 Å². The first-order valence-corrected chi connectivity index (χ1v) is 8.98. The van der Waals surface area contributed by atoms with Crippen molar-refractivity contribution in [2.24, 2.45) is 0 Å². The Morgan fingerprint density at radius 3 is 2.35 bits per heavy atom. The molecular formula is C22H27NO3. The van der Waals surface area contributed by atoms with Crippen molar-refractivity contribution in [2.45, 2.75) is 46.0 Å². The van der Waals surface area contributed by atoms with Crippen LogP contribution < -0.4 is 5.32 Å². The zero-order chi connectivity index (χ0) is 19.1. The van der Waals surface area contributed by atoms with Gasteiger partial charge in [-0.25, -0.2) is 0 Å². The Hall–Kier alpha value is -2.62. The van der Waals surface area contributed by atoms with E-state index in [1.54, 1.807) is 0 Å². The fourth-order valence-electron chi connectivity index (χ4n) is 2.87. The predicted octanol–water partition coefficient (Wildman–Crippen LogP) is 4.79. The van der Waals surface area contributed by atoms with E-state index in [1.165, 1.54) is 0 Å². The number of amides is 1. The van der Waals surface area contributed by atoms with E-state index in [-0.39, 0.29) is 30.8 Å². The minimum Gasteiger partial charge on any atom is -0.456 e. The van der Waals surface area contributed by atoms with Crippen LogP contribution in [0.25, 0.3) is 0 Å². The Morgan fingerprint density at radius 2 is 1.69 bits per heavy atom. The summed E-state index contributed by atoms with van der Waals surface area (Å²) in [6, 6.07) is 15.7. The highest BCUT2D eigenvalue weighted by Gasteiger charge is 2.16. The second-order valence-corrected chi connectivity index (χ2v) is 6.92. The minimum atomic E-state index is -0.370. The number of para-hydroxylation sites is 1. The zero-order valence-corrected chi connectivity index (χ0v) is 15.9. The smallest absolute Gasteiger partial charge is 0.306 e. The Labute approximate surface area is 155 Å². The summed E-state index contributed by atoms with van der Waals surface area (Å²) < 4.78 is 5.16. The summed E-state index contributed by atoms with van der Waals surface area (Å²) in [5.41, 5.74) is 3.95. The quantitative estimate of drug-likeness (QED) is 0.728. The van der Waals surface area contributed by atoms with Gasteiger partial charge >= 0.3 is 5.97 Å². The molecule has 0 aliphatic heterocycles. The van der Waals surface area contributed by atoms with Crippen molar-refractivity contribution >= 4 is 17.6 Å². The number of aryl methyl sites for hydroxylation is 1. The zero-order valence-electron chi connectivity index (χ0n) is 15.9. The van der Waals surface area contributed by atoms with Crippen molar-refractivity contribution < 1.29 is 14.3 Å². The first-order valence-electron chi connectivity index (χ1n) is 8.98. The van der Waals surface area contributed by atoms with Crippen molar-refractivity contribution in [1.29, 1.82) is 0 Å². The summed E-state index contributed by atoms with van der Waals surface area (Å²) in [6.07, 6.45) is 0.249. The molecule has 0 heterocycles. The topological polar surface area (TPSA) is 55.4 Å². The molecule has 0 saturated heterocycles. The molecule has 0 aromatic heterocycles. The molecule has 0 aliphatic carbocycles. The van der Waals surface area contributed by atoms with Gasteiger partial charge in [0.2, 0.25) is 0 Å². The van der Waals surface area contributed by atoms with Crippen molar-refractivity contribution in [3.05, 3.63) is 65.2 Å². The van der Waals surface area contributed by atoms with Gasteiger partial charge in [0.05, 0.1) is 6.42 Å². The Balaban J connectivity index is 1.88. The molecule has 0 spiro atoms. The number of benzene rings is 2. The van der Waals surface area contributed by atoms with E-state index in [9.17, 15) is 9.59 Å². The first kappa shape index (κ1) is 19.7. The van der Waals surface area contributed by atoms with Gasteiger partial charge in [-0.3, -0.25) is 9.59 Å². The van der Waals surface area contributed by atoms with Crippen LogP contribution in [0.2, 0.25) is 0 Å². The average molecular weight is 353 g/mol. The van der Waals surface area contributed by atoms with Gasteiger partial charge in [-0.05, 0) is 35.4 Å². The van der Waals surface area contributed by atoms with Gasteiger partial charge in [0.15, 0.2) is 6.61 Å². The Kier molecular flexibility index (Phi) is 6.96. The Morgan fingerprint density at radius 1 is 1.00 bits per heavy atom. The van der Waals surface area contributed by atoms with Crippen molar-refractivity contribution in [3.63, 3.8) is 0 Å². The van der Waals surface area contributed by atoms with E-state index < -0.39 is 0 Å². The van der Waals surface area contributed by atoms with E-state index in [0.29, 0.717) is 5.92 Å². The lowest BCUT2D eigenvalue weighted by atomic mass is 9.98. The summed E-state index contributed by atoms with van der Waals surface area (Å²) >= 11 is 0. The van der Waals surface area contributed by atoms with Gasteiger partial charge < -0.3 is 10.1 Å². The van der Waals surface area contributed by atoms with Crippen molar-refractivity contribution in [3.8, 4) is 0 Å². The van der Waals surface area contributed by atoms with E-state index in [1.807, 2.05) is 62.4 Å². The number of hydrogen-bond acceptors (Lipinski definition) is 3. The molecule has 138 valence electrons. The molecule has 1 atom stereocenters. The highest BCUT2D eigenvalue weighted by molar-refractivity contribution is 5.94. The molecular weight excluding hydrogens is 326 g/mol. The number of rotatable bonds is 7. The first-order chi connectivity index (χ1) is 12.4. The molecule has 4 nitrogen and oxygen atoms in total. The summed E-state index contributed by atoms with van der Waals surface area (Å²) in [5.74, 6) is -0.345. The van der Waals surface area contributed by atoms with Crippen LogP contribution in [-0.2, 0) is 14.3 Å². The van der Waals surface area contributed by atoms with Crippen LogP contribution in [0.3, 0.4) is 0 Å². The lowest BCUT2D eigenvalue weighted by Gasteiger charge is -2.16. The molecule has 1 amide bonds. The highest BCUT2D eigenvalue weighted by atomic mass is 16.5. The van der Waals surface area contributed by atoms with Crippen LogP contribution in [0.15, 0.2) is 48.5 Å². The summed E-state index contributed by atoms with van der Waals surface area (Å²) in [6.45, 7) is 7.81. The van der Waals surface area contributed by atoms with Gasteiger partial charge in [-0.2, -0.15) is 0 Å². The van der Waals surface area contributed by atoms with Gasteiger partial charge in [-0.1, -0.05) is 69.3 Å². The summed E-state index contributed by atoms with van der Waals surface area (Å²) in [7, 11) is 0. The molecule has 2 aromatic carbocycles. The van der Waals surface area contributed by atoms with Crippen LogP contribution in [0.5, 0.6) is 0 Å². The van der Waals surface area contributed by atoms with Crippen molar-refractivity contribution in [2.75, 3.05) is 11.9 Å². The average Bonchev–Trinajstić information content (AvgIpc) is 2.62. The monoisotopic (exact) mass is 353 g/mol. The number of ether oxygens (including phenoxy) is 1. The van der Waals surface area contributed by atoms with Crippen LogP contribution in [0.1, 0.15) is 55.7 Å². The third-order valence-electron chi connectivity index (χ3n) is 4.40. The fraction of sp³-hybridized carbons (Fsp3) is 0.364. The van der Waals surface area contributed by atoms with Crippen LogP contribution in [0.4, 0.5) is 5.69 Å². The number of carbonyl (C=O) groups is 2. The second-order valence-electron chi connectivity index (χ2n) is 6.92. The molecule has 26 heavy (non-hydrogen) atoms. The predicted molar refractivity (Wildman–Crippen MR) is 104 cm³/mol. The van der Waals surface area contributed by atoms with E-state index in [2.05, 4.69) is 19.2 Å². The largest absolute Gasteiger partial charge is 0.456 e. The maximum absolute atomic E-state index is 12.2. The van der Waals surface area contributed by atoms with E-state index in [0.717, 1.165) is 22.4 Å². The lowest BCUT2D eigenvalue weighted by molar-refractivity contribution is -0.147. The number of hydrogen-bond donors (Lipinski definition) is 1. The Bertz CT molecular complexity index is 753. The summed E-state index contributed by atoms with van der Waals surface area (Å²) in [4.78, 5) is 24.2. The maximum atomic E-state index is 12.2. The maximum Gasteiger partial charge on any atom is 0.306 e. The number of esters is 1. The van der Waals surface area contributed by atoms with Gasteiger partial charge in [0, 0.05) is 5.69 Å². The van der Waals surface area contributed by atoms with Gasteiger partial charge in [0.1, 0.15) is 0 Å². The van der Waals surface area contributed by atoms with E-state index in [4.69, 9.17) is 4.74 Å². The standard InChI is InChI=1S/C22H27NO3/c1-15(2)19-12-8-9-16(3)22(19)23-20(24)14-26-21(25)13-17(4)18-10-6-5-7-11-18/h5-12,15,17H,13-14H2,1-4H3,(H,23,24)/t17-/m0/s1. The molecule has 2 aromatic rings. The molecule has 1 N–H and O–H groups in total. The fourth-order valence-corrected chi connectivity index (χ4v) is 2.87. The molecule has 0 unspecified atom stereocenters. The third kappa shape index (κ3) is 5.45. The van der Waals surface area contributed by atoms with Gasteiger partial charge in [-0.15, -0.1) is 0 Å². The minimum absolute atomic E-state index is 0.0515. The molecule has 0 saturated carbocycles. The summed E-state index contributed by atoms with van der Waals surface area (Å²) in [5, 5.41) is 2.88. The molecule has 4 heteroatoms. The molecule has 2 rings (SSSR count). The van der Waals surface area contributed by atoms with Crippen LogP contribution in [-0.4, -0.2) is 18.5 Å². The molecule has 0 fully saturated rings. The molecule has 0 radical (unpaired) electrons. The third-order valence-corrected chi connectivity index (χ3v) is 4.40. The number of nitrogens with one attached hydrogen (secondary N) is 1. The highest BCUT2D eigenvalue weighted by Crippen LogP contribution is 2.27. The number of carbonyl (C=O) groups excluding carboxylic acids is 2. The number of anilines is 1. The van der Waals surface area contributed by atoms with Crippen LogP contribution >= 0.6 is 0 Å². The van der Waals surface area contributed by atoms with Crippen LogP contribution in [0, 0.1) is 6.92 Å². The SMILES string of the molecule is Cc1cccc(C(C)C)c1NC(=O)COC(=O)C[C@H](C)c1ccccc1. The molecule has 0 aliphatic rings. The normalized spacial score (nSPS) is 11.9. The molecule has 0 bridgehead atoms. The second kappa shape index (κ2) is 9.18. The lowest BCUT2D eigenvalue weighted by Crippen LogP contribution is -2.22. The van der Waals surface area contributed by atoms with Crippen molar-refractivity contribution in [1.82, 2.24) is 0 Å². The van der Waals surface area contributed by atoms with Gasteiger partial charge in [0.25, 0.3) is 5.91 Å².